The van der Waals surface area contributed by atoms with Crippen LogP contribution in [0.25, 0.3) is 0 Å². The second kappa shape index (κ2) is 7.64. The molecule has 6 nitrogen and oxygen atoms in total. The lowest BCUT2D eigenvalue weighted by Crippen LogP contribution is -3.10. The Labute approximate surface area is 124 Å². The summed E-state index contributed by atoms with van der Waals surface area (Å²) < 4.78 is 5.57. The fourth-order valence-electron chi connectivity index (χ4n) is 1.84. The molecular weight excluding hydrogens is 270 g/mol. The molecule has 1 aromatic rings. The standard InChI is InChI=1S/C15H21N3O3/c1-18(9-10-21-13-5-3-2-4-6-13)11-14(19)17-15(20)16-12-7-8-12/h2-6,12H,7-11H2,1H3,(H2,16,17,19,20)/p+1. The number of ether oxygens (including phenoxy) is 1. The van der Waals surface area contributed by atoms with Gasteiger partial charge in [0, 0.05) is 6.04 Å². The van der Waals surface area contributed by atoms with Crippen molar-refractivity contribution in [1.29, 1.82) is 0 Å². The Morgan fingerprint density at radius 2 is 2.00 bits per heavy atom. The van der Waals surface area contributed by atoms with Crippen LogP contribution < -0.4 is 20.3 Å². The fourth-order valence-corrected chi connectivity index (χ4v) is 1.84. The molecule has 0 spiro atoms. The Hall–Kier alpha value is -2.08. The van der Waals surface area contributed by atoms with Crippen molar-refractivity contribution >= 4 is 11.9 Å². The molecule has 21 heavy (non-hydrogen) atoms. The first kappa shape index (κ1) is 15.3. The van der Waals surface area contributed by atoms with Gasteiger partial charge in [-0.15, -0.1) is 0 Å². The number of carbonyl (C=O) groups is 2. The van der Waals surface area contributed by atoms with Crippen molar-refractivity contribution < 1.29 is 19.2 Å². The topological polar surface area (TPSA) is 71.9 Å². The van der Waals surface area contributed by atoms with Gasteiger partial charge in [-0.2, -0.15) is 0 Å². The third-order valence-electron chi connectivity index (χ3n) is 3.17. The number of imide groups is 1. The molecule has 0 saturated heterocycles. The van der Waals surface area contributed by atoms with Gasteiger partial charge in [0.1, 0.15) is 18.9 Å². The molecule has 0 bridgehead atoms. The van der Waals surface area contributed by atoms with Crippen LogP contribution in [0.15, 0.2) is 30.3 Å². The van der Waals surface area contributed by atoms with Crippen LogP contribution in [0.1, 0.15) is 12.8 Å². The summed E-state index contributed by atoms with van der Waals surface area (Å²) in [6.07, 6.45) is 2.01. The van der Waals surface area contributed by atoms with Gasteiger partial charge < -0.3 is 15.0 Å². The predicted molar refractivity (Wildman–Crippen MR) is 78.3 cm³/mol. The van der Waals surface area contributed by atoms with Gasteiger partial charge in [0.05, 0.1) is 7.05 Å². The maximum Gasteiger partial charge on any atom is 0.321 e. The Kier molecular flexibility index (Phi) is 5.57. The molecule has 1 aromatic carbocycles. The number of hydrogen-bond acceptors (Lipinski definition) is 3. The van der Waals surface area contributed by atoms with Crippen LogP contribution in [0.2, 0.25) is 0 Å². The number of amides is 3. The number of likely N-dealkylation sites (N-methyl/N-ethyl adjacent to an activating group) is 1. The molecule has 1 saturated carbocycles. The summed E-state index contributed by atoms with van der Waals surface area (Å²) in [5.74, 6) is 0.545. The number of para-hydroxylation sites is 1. The lowest BCUT2D eigenvalue weighted by atomic mass is 10.3. The van der Waals surface area contributed by atoms with E-state index in [2.05, 4.69) is 10.6 Å². The first-order chi connectivity index (χ1) is 10.1. The number of nitrogens with one attached hydrogen (secondary N) is 3. The zero-order valence-electron chi connectivity index (χ0n) is 12.2. The monoisotopic (exact) mass is 292 g/mol. The van der Waals surface area contributed by atoms with Crippen molar-refractivity contribution in [3.8, 4) is 5.75 Å². The fraction of sp³-hybridized carbons (Fsp3) is 0.467. The molecule has 0 radical (unpaired) electrons. The lowest BCUT2D eigenvalue weighted by molar-refractivity contribution is -0.871. The van der Waals surface area contributed by atoms with E-state index >= 15 is 0 Å². The zero-order valence-corrected chi connectivity index (χ0v) is 12.2. The van der Waals surface area contributed by atoms with Crippen LogP contribution >= 0.6 is 0 Å². The highest BCUT2D eigenvalue weighted by atomic mass is 16.5. The molecule has 1 unspecified atom stereocenters. The molecule has 2 rings (SSSR count). The summed E-state index contributed by atoms with van der Waals surface area (Å²) in [6.45, 7) is 1.46. The van der Waals surface area contributed by atoms with Gasteiger partial charge in [-0.25, -0.2) is 4.79 Å². The summed E-state index contributed by atoms with van der Waals surface area (Å²) in [5.41, 5.74) is 0. The predicted octanol–water partition coefficient (Wildman–Crippen LogP) is -0.432. The summed E-state index contributed by atoms with van der Waals surface area (Å²) in [5, 5.41) is 5.06. The van der Waals surface area contributed by atoms with Crippen molar-refractivity contribution in [2.45, 2.75) is 18.9 Å². The van der Waals surface area contributed by atoms with E-state index in [0.717, 1.165) is 23.5 Å². The SMILES string of the molecule is C[NH+](CCOc1ccccc1)CC(=O)NC(=O)NC1CC1. The molecule has 1 fully saturated rings. The molecule has 0 heterocycles. The van der Waals surface area contributed by atoms with Gasteiger partial charge in [0.25, 0.3) is 5.91 Å². The van der Waals surface area contributed by atoms with Gasteiger partial charge in [-0.1, -0.05) is 18.2 Å². The van der Waals surface area contributed by atoms with Crippen LogP contribution in [0, 0.1) is 0 Å². The molecule has 3 N–H and O–H groups in total. The zero-order chi connectivity index (χ0) is 15.1. The minimum atomic E-state index is -0.393. The first-order valence-corrected chi connectivity index (χ1v) is 7.23. The molecule has 0 aromatic heterocycles. The van der Waals surface area contributed by atoms with E-state index in [-0.39, 0.29) is 18.5 Å². The van der Waals surface area contributed by atoms with Crippen molar-refractivity contribution in [2.24, 2.45) is 0 Å². The van der Waals surface area contributed by atoms with Gasteiger partial charge in [-0.3, -0.25) is 10.1 Å². The number of benzene rings is 1. The van der Waals surface area contributed by atoms with Crippen molar-refractivity contribution in [3.63, 3.8) is 0 Å². The molecule has 6 heteroatoms. The van der Waals surface area contributed by atoms with E-state index < -0.39 is 6.03 Å². The number of rotatable bonds is 7. The second-order valence-corrected chi connectivity index (χ2v) is 5.34. The Morgan fingerprint density at radius 3 is 2.67 bits per heavy atom. The van der Waals surface area contributed by atoms with E-state index in [1.165, 1.54) is 0 Å². The van der Waals surface area contributed by atoms with E-state index in [9.17, 15) is 9.59 Å². The largest absolute Gasteiger partial charge is 0.488 e. The van der Waals surface area contributed by atoms with Gasteiger partial charge >= 0.3 is 6.03 Å². The van der Waals surface area contributed by atoms with Crippen molar-refractivity contribution in [2.75, 3.05) is 26.7 Å². The average molecular weight is 292 g/mol. The van der Waals surface area contributed by atoms with Gasteiger partial charge in [-0.05, 0) is 25.0 Å². The number of quaternary nitrogens is 1. The van der Waals surface area contributed by atoms with Crippen molar-refractivity contribution in [1.82, 2.24) is 10.6 Å². The van der Waals surface area contributed by atoms with Crippen LogP contribution in [-0.4, -0.2) is 44.7 Å². The maximum atomic E-state index is 11.7. The molecular formula is C15H22N3O3+. The summed E-state index contributed by atoms with van der Waals surface area (Å²) in [7, 11) is 1.90. The maximum absolute atomic E-state index is 11.7. The second-order valence-electron chi connectivity index (χ2n) is 5.34. The smallest absolute Gasteiger partial charge is 0.321 e. The van der Waals surface area contributed by atoms with E-state index in [4.69, 9.17) is 4.74 Å². The Bertz CT molecular complexity index is 474. The highest BCUT2D eigenvalue weighted by Gasteiger charge is 2.24. The normalized spacial score (nSPS) is 15.1. The molecule has 1 aliphatic rings. The van der Waals surface area contributed by atoms with Crippen LogP contribution in [-0.2, 0) is 4.79 Å². The third-order valence-corrected chi connectivity index (χ3v) is 3.17. The molecule has 1 atom stereocenters. The minimum Gasteiger partial charge on any atom is -0.488 e. The van der Waals surface area contributed by atoms with Gasteiger partial charge in [0.2, 0.25) is 0 Å². The van der Waals surface area contributed by atoms with E-state index in [0.29, 0.717) is 13.2 Å². The Balaban J connectivity index is 1.58. The van der Waals surface area contributed by atoms with E-state index in [1.54, 1.807) is 0 Å². The molecule has 1 aliphatic carbocycles. The lowest BCUT2D eigenvalue weighted by Gasteiger charge is -2.14. The van der Waals surface area contributed by atoms with Gasteiger partial charge in [0.15, 0.2) is 6.54 Å². The van der Waals surface area contributed by atoms with Crippen LogP contribution in [0.3, 0.4) is 0 Å². The molecule has 3 amide bonds. The average Bonchev–Trinajstić information content (AvgIpc) is 3.23. The molecule has 0 aliphatic heterocycles. The van der Waals surface area contributed by atoms with Crippen LogP contribution in [0.5, 0.6) is 5.75 Å². The van der Waals surface area contributed by atoms with Crippen LogP contribution in [0.4, 0.5) is 4.79 Å². The first-order valence-electron chi connectivity index (χ1n) is 7.23. The quantitative estimate of drug-likeness (QED) is 0.638. The number of hydrogen-bond donors (Lipinski definition) is 3. The summed E-state index contributed by atoms with van der Waals surface area (Å²) in [6, 6.07) is 9.41. The van der Waals surface area contributed by atoms with E-state index in [1.807, 2.05) is 37.4 Å². The number of urea groups is 1. The highest BCUT2D eigenvalue weighted by molar-refractivity contribution is 5.94. The van der Waals surface area contributed by atoms with Crippen molar-refractivity contribution in [3.05, 3.63) is 30.3 Å². The molecule has 114 valence electrons. The highest BCUT2D eigenvalue weighted by Crippen LogP contribution is 2.18. The summed E-state index contributed by atoms with van der Waals surface area (Å²) >= 11 is 0. The Morgan fingerprint density at radius 1 is 1.29 bits per heavy atom. The number of carbonyl (C=O) groups excluding carboxylic acids is 2. The third kappa shape index (κ3) is 6.27. The minimum absolute atomic E-state index is 0.246. The summed E-state index contributed by atoms with van der Waals surface area (Å²) in [4.78, 5) is 24.1.